The smallest absolute Gasteiger partial charge is 0.334 e. The first-order valence-electron chi connectivity index (χ1n) is 13.3. The molecule has 0 bridgehead atoms. The van der Waals surface area contributed by atoms with E-state index in [4.69, 9.17) is 18.9 Å². The van der Waals surface area contributed by atoms with Gasteiger partial charge in [0.2, 0.25) is 0 Å². The van der Waals surface area contributed by atoms with Gasteiger partial charge in [0.15, 0.2) is 12.4 Å². The molecule has 0 amide bonds. The first-order valence-corrected chi connectivity index (χ1v) is 13.3. The molecule has 2 heterocycles. The molecule has 1 aromatic carbocycles. The van der Waals surface area contributed by atoms with E-state index >= 15 is 0 Å². The topological polar surface area (TPSA) is 172 Å². The lowest BCUT2D eigenvalue weighted by atomic mass is 9.83. The molecule has 2 fully saturated rings. The maximum Gasteiger partial charge on any atom is 0.334 e. The highest BCUT2D eigenvalue weighted by molar-refractivity contribution is 5.91. The molecule has 0 radical (unpaired) electrons. The maximum absolute atomic E-state index is 12.5. The molecular formula is C29H34O11. The molecule has 0 aromatic heterocycles. The summed E-state index contributed by atoms with van der Waals surface area (Å²) in [4.78, 5) is 24.8. The van der Waals surface area contributed by atoms with Crippen LogP contribution < -0.4 is 0 Å². The summed E-state index contributed by atoms with van der Waals surface area (Å²) in [5.41, 5.74) is 3.43. The highest BCUT2D eigenvalue weighted by atomic mass is 16.7. The number of fused-ring (bicyclic) bond motifs is 3. The summed E-state index contributed by atoms with van der Waals surface area (Å²) >= 11 is 0. The van der Waals surface area contributed by atoms with Crippen LogP contribution in [0.4, 0.5) is 0 Å². The fourth-order valence-electron chi connectivity index (χ4n) is 6.01. The standard InChI is InChI=1S/C29H34O11/c1-13-18-8-5-16(23(18)26-19(10-20(13)32)14(2)28(36)40-26)12-37-29-25(35)24(34)27(21(11-30)38-29)39-22(33)9-15-3-6-17(31)7-4-15/h3-7,19-21,23-27,29-32,34-35H,2,8-12H2,1H3/t19-,20+,21+,23-,24-,25+,26-,27+,29+/m0/s1. The third kappa shape index (κ3) is 5.32. The number of phenolic OH excluding ortho intramolecular Hbond substituents is 1. The predicted molar refractivity (Wildman–Crippen MR) is 137 cm³/mol. The van der Waals surface area contributed by atoms with Gasteiger partial charge in [0.05, 0.1) is 25.7 Å². The van der Waals surface area contributed by atoms with Gasteiger partial charge >= 0.3 is 11.9 Å². The quantitative estimate of drug-likeness (QED) is 0.178. The van der Waals surface area contributed by atoms with Gasteiger partial charge in [0.1, 0.15) is 30.2 Å². The Kier molecular flexibility index (Phi) is 8.14. The molecule has 0 unspecified atom stereocenters. The van der Waals surface area contributed by atoms with Crippen molar-refractivity contribution in [2.45, 2.75) is 69.1 Å². The van der Waals surface area contributed by atoms with E-state index < -0.39 is 61.5 Å². The van der Waals surface area contributed by atoms with Crippen molar-refractivity contribution < 1.29 is 54.1 Å². The zero-order valence-electron chi connectivity index (χ0n) is 22.0. The molecule has 4 aliphatic rings. The fraction of sp³-hybridized carbons (Fsp3) is 0.517. The Balaban J connectivity index is 1.24. The second-order valence-corrected chi connectivity index (χ2v) is 10.7. The van der Waals surface area contributed by atoms with Crippen LogP contribution in [0.15, 0.2) is 59.2 Å². The zero-order chi connectivity index (χ0) is 28.7. The van der Waals surface area contributed by atoms with E-state index in [1.165, 1.54) is 12.1 Å². The minimum atomic E-state index is -1.61. The Labute approximate surface area is 230 Å². The van der Waals surface area contributed by atoms with E-state index in [9.17, 15) is 35.1 Å². The zero-order valence-corrected chi connectivity index (χ0v) is 22.0. The average Bonchev–Trinajstić information content (AvgIpc) is 3.44. The Morgan fingerprint density at radius 2 is 1.88 bits per heavy atom. The van der Waals surface area contributed by atoms with Gasteiger partial charge in [-0.25, -0.2) is 4.79 Å². The fourth-order valence-corrected chi connectivity index (χ4v) is 6.01. The summed E-state index contributed by atoms with van der Waals surface area (Å²) in [7, 11) is 0. The molecule has 5 N–H and O–H groups in total. The Morgan fingerprint density at radius 1 is 1.15 bits per heavy atom. The number of rotatable bonds is 7. The molecule has 2 aliphatic heterocycles. The number of phenols is 1. The van der Waals surface area contributed by atoms with Gasteiger partial charge in [-0.1, -0.05) is 30.4 Å². The van der Waals surface area contributed by atoms with E-state index in [-0.39, 0.29) is 30.6 Å². The molecular weight excluding hydrogens is 524 g/mol. The maximum atomic E-state index is 12.5. The van der Waals surface area contributed by atoms with Gasteiger partial charge in [0, 0.05) is 17.4 Å². The number of aliphatic hydroxyl groups is 4. The number of carbonyl (C=O) groups excluding carboxylic acids is 2. The number of allylic oxidation sites excluding steroid dienone is 1. The van der Waals surface area contributed by atoms with Crippen molar-refractivity contribution in [2.24, 2.45) is 11.8 Å². The number of carbonyl (C=O) groups is 2. The summed E-state index contributed by atoms with van der Waals surface area (Å²) in [5.74, 6) is -1.84. The van der Waals surface area contributed by atoms with Crippen LogP contribution in [-0.2, 0) is 35.0 Å². The van der Waals surface area contributed by atoms with Gasteiger partial charge in [-0.05, 0) is 48.6 Å². The summed E-state index contributed by atoms with van der Waals surface area (Å²) in [6, 6.07) is 5.94. The number of aliphatic hydroxyl groups excluding tert-OH is 4. The van der Waals surface area contributed by atoms with Crippen LogP contribution in [0.25, 0.3) is 0 Å². The lowest BCUT2D eigenvalue weighted by molar-refractivity contribution is -0.301. The van der Waals surface area contributed by atoms with E-state index in [2.05, 4.69) is 6.58 Å². The number of esters is 2. The molecule has 216 valence electrons. The van der Waals surface area contributed by atoms with E-state index in [1.54, 1.807) is 12.1 Å². The second kappa shape index (κ2) is 11.4. The molecule has 40 heavy (non-hydrogen) atoms. The van der Waals surface area contributed by atoms with Gasteiger partial charge in [-0.2, -0.15) is 0 Å². The van der Waals surface area contributed by atoms with E-state index in [0.29, 0.717) is 24.0 Å². The second-order valence-electron chi connectivity index (χ2n) is 10.7. The number of hydrogen-bond acceptors (Lipinski definition) is 11. The van der Waals surface area contributed by atoms with E-state index in [1.807, 2.05) is 13.0 Å². The number of benzene rings is 1. The highest BCUT2D eigenvalue weighted by Gasteiger charge is 2.51. The molecule has 5 rings (SSSR count). The van der Waals surface area contributed by atoms with Crippen LogP contribution in [0.2, 0.25) is 0 Å². The molecule has 11 heteroatoms. The van der Waals surface area contributed by atoms with Crippen molar-refractivity contribution in [3.8, 4) is 5.75 Å². The molecule has 2 aliphatic carbocycles. The molecule has 9 atom stereocenters. The van der Waals surface area contributed by atoms with Crippen LogP contribution in [0.5, 0.6) is 5.75 Å². The minimum Gasteiger partial charge on any atom is -0.508 e. The van der Waals surface area contributed by atoms with Crippen molar-refractivity contribution >= 4 is 11.9 Å². The summed E-state index contributed by atoms with van der Waals surface area (Å²) in [6.45, 7) is 5.07. The SMILES string of the molecule is C=C1C(=O)O[C@@H]2[C@H]3C(CO[C@@H]4O[C@H](CO)[C@@H](OC(=O)Cc5ccc(O)cc5)[C@@H](O)[C@H]4O)=CCC3=C(C)[C@H](O)C[C@@H]12. The lowest BCUT2D eigenvalue weighted by Gasteiger charge is -2.41. The van der Waals surface area contributed by atoms with Crippen molar-refractivity contribution in [3.05, 3.63) is 64.8 Å². The third-order valence-electron chi connectivity index (χ3n) is 8.31. The lowest BCUT2D eigenvalue weighted by Crippen LogP contribution is -2.60. The van der Waals surface area contributed by atoms with Crippen LogP contribution in [0.3, 0.4) is 0 Å². The van der Waals surface area contributed by atoms with Crippen molar-refractivity contribution in [2.75, 3.05) is 13.2 Å². The molecule has 0 spiro atoms. The first kappa shape index (κ1) is 28.5. The summed E-state index contributed by atoms with van der Waals surface area (Å²) in [5, 5.41) is 51.5. The highest BCUT2D eigenvalue weighted by Crippen LogP contribution is 2.48. The molecule has 11 nitrogen and oxygen atoms in total. The van der Waals surface area contributed by atoms with Gasteiger partial charge in [-0.15, -0.1) is 0 Å². The normalized spacial score (nSPS) is 35.5. The Hall–Kier alpha value is -3.06. The largest absolute Gasteiger partial charge is 0.508 e. The predicted octanol–water partition coefficient (Wildman–Crippen LogP) is 0.427. The van der Waals surface area contributed by atoms with Crippen LogP contribution in [0, 0.1) is 11.8 Å². The van der Waals surface area contributed by atoms with Crippen molar-refractivity contribution in [1.82, 2.24) is 0 Å². The Bertz CT molecular complexity index is 1220. The van der Waals surface area contributed by atoms with Gasteiger partial charge in [-0.3, -0.25) is 4.79 Å². The summed E-state index contributed by atoms with van der Waals surface area (Å²) in [6.07, 6.45) is -5.69. The van der Waals surface area contributed by atoms with Gasteiger partial charge < -0.3 is 44.5 Å². The summed E-state index contributed by atoms with van der Waals surface area (Å²) < 4.78 is 22.6. The number of hydrogen-bond donors (Lipinski definition) is 5. The van der Waals surface area contributed by atoms with Crippen LogP contribution >= 0.6 is 0 Å². The van der Waals surface area contributed by atoms with Crippen LogP contribution in [-0.4, -0.2) is 93.6 Å². The molecule has 0 saturated carbocycles. The molecule has 2 saturated heterocycles. The Morgan fingerprint density at radius 3 is 2.58 bits per heavy atom. The minimum absolute atomic E-state index is 0.0390. The van der Waals surface area contributed by atoms with Crippen LogP contribution in [0.1, 0.15) is 25.3 Å². The van der Waals surface area contributed by atoms with E-state index in [0.717, 1.165) is 16.7 Å². The monoisotopic (exact) mass is 558 g/mol. The number of ether oxygens (including phenoxy) is 4. The van der Waals surface area contributed by atoms with Crippen molar-refractivity contribution in [1.29, 1.82) is 0 Å². The average molecular weight is 559 g/mol. The van der Waals surface area contributed by atoms with Gasteiger partial charge in [0.25, 0.3) is 0 Å². The first-order chi connectivity index (χ1) is 19.1. The molecule has 1 aromatic rings. The third-order valence-corrected chi connectivity index (χ3v) is 8.31. The number of aromatic hydroxyl groups is 1. The van der Waals surface area contributed by atoms with Crippen molar-refractivity contribution in [3.63, 3.8) is 0 Å².